The van der Waals surface area contributed by atoms with Gasteiger partial charge in [0.15, 0.2) is 16.7 Å². The first-order valence-electron chi connectivity index (χ1n) is 49.1. The van der Waals surface area contributed by atoms with Crippen LogP contribution < -0.4 is 14.7 Å². The molecule has 0 saturated carbocycles. The number of hydrogen-bond donors (Lipinski definition) is 0. The van der Waals surface area contributed by atoms with E-state index < -0.39 is 0 Å². The van der Waals surface area contributed by atoms with Crippen LogP contribution in [0.1, 0.15) is 0 Å². The minimum Gasteiger partial charge on any atom is -0.456 e. The van der Waals surface area contributed by atoms with Crippen molar-refractivity contribution < 1.29 is 17.7 Å². The van der Waals surface area contributed by atoms with Crippen LogP contribution in [0.3, 0.4) is 0 Å². The number of aromatic nitrogens is 3. The van der Waals surface area contributed by atoms with Crippen molar-refractivity contribution >= 4 is 203 Å². The van der Waals surface area contributed by atoms with E-state index in [1.807, 2.05) is 121 Å². The molecule has 0 bridgehead atoms. The van der Waals surface area contributed by atoms with Crippen LogP contribution in [-0.4, -0.2) is 15.0 Å². The van der Waals surface area contributed by atoms with Crippen molar-refractivity contribution in [2.24, 2.45) is 0 Å². The van der Waals surface area contributed by atoms with Crippen molar-refractivity contribution in [1.82, 2.24) is 15.0 Å². The van der Waals surface area contributed by atoms with E-state index in [-0.39, 0.29) is 0 Å². The molecule has 0 aliphatic rings. The number of hydrogen-bond acceptors (Lipinski definition) is 11. The van der Waals surface area contributed by atoms with E-state index in [2.05, 4.69) is 427 Å². The van der Waals surface area contributed by atoms with Crippen molar-refractivity contribution in [3.63, 3.8) is 0 Å². The molecule has 0 atom stereocenters. The number of anilines is 9. The Kier molecular flexibility index (Phi) is 21.6. The number of para-hydroxylation sites is 3. The lowest BCUT2D eigenvalue weighted by molar-refractivity contribution is 0.623. The normalized spacial score (nSPS) is 11.6. The Labute approximate surface area is 844 Å². The smallest absolute Gasteiger partial charge is 0.227 e. The predicted octanol–water partition coefficient (Wildman–Crippen LogP) is 38.7. The molecule has 0 spiro atoms. The molecule has 0 aliphatic heterocycles. The molecule has 0 saturated heterocycles. The molecule has 29 aromatic rings. The van der Waals surface area contributed by atoms with Crippen molar-refractivity contribution in [2.45, 2.75) is 0 Å². The van der Waals surface area contributed by atoms with E-state index in [0.29, 0.717) is 17.7 Å². The fraction of sp³-hybridized carbons (Fsp3) is 0. The third-order valence-corrected chi connectivity index (χ3v) is 29.2. The Hall–Kier alpha value is -19.3. The monoisotopic (exact) mass is 1890 g/mol. The summed E-state index contributed by atoms with van der Waals surface area (Å²) < 4.78 is 28.6. The van der Waals surface area contributed by atoms with Gasteiger partial charge in [-0.15, -0.1) is 11.3 Å². The molecular weight excluding hydrogens is 1800 g/mol. The average Bonchev–Trinajstić information content (AvgIpc) is 1.23. The van der Waals surface area contributed by atoms with Crippen LogP contribution in [0.5, 0.6) is 0 Å². The topological polar surface area (TPSA) is 101 Å². The van der Waals surface area contributed by atoms with Gasteiger partial charge in [0, 0.05) is 104 Å². The zero-order valence-corrected chi connectivity index (χ0v) is 79.7. The van der Waals surface area contributed by atoms with E-state index in [1.165, 1.54) is 53.6 Å². The lowest BCUT2D eigenvalue weighted by Gasteiger charge is -2.29. The van der Waals surface area contributed by atoms with Crippen molar-refractivity contribution in [1.29, 1.82) is 0 Å². The molecule has 5 heterocycles. The first-order valence-corrected chi connectivity index (χ1v) is 49.9. The van der Waals surface area contributed by atoms with E-state index >= 15 is 0 Å². The number of oxazole rings is 3. The zero-order valence-electron chi connectivity index (χ0n) is 78.9. The quantitative estimate of drug-likeness (QED) is 0.0870. The molecule has 0 radical (unpaired) electrons. The minimum absolute atomic E-state index is 0.619. The maximum atomic E-state index is 6.58. The number of nitrogens with zero attached hydrogens (tertiary/aromatic N) is 6. The Balaban J connectivity index is 0.000000109. The first kappa shape index (κ1) is 85.8. The molecule has 11 heteroatoms. The number of rotatable bonds is 16. The largest absolute Gasteiger partial charge is 0.456 e. The lowest BCUT2D eigenvalue weighted by Crippen LogP contribution is -2.11. The Morgan fingerprint density at radius 1 is 0.171 bits per heavy atom. The molecule has 24 aromatic carbocycles. The van der Waals surface area contributed by atoms with Gasteiger partial charge >= 0.3 is 0 Å². The van der Waals surface area contributed by atoms with Gasteiger partial charge in [-0.1, -0.05) is 352 Å². The highest BCUT2D eigenvalue weighted by atomic mass is 32.1. The Bertz CT molecular complexity index is 9930. The summed E-state index contributed by atoms with van der Waals surface area (Å²) in [6.45, 7) is 0. The second-order valence-electron chi connectivity index (χ2n) is 36.7. The summed E-state index contributed by atoms with van der Waals surface area (Å²) >= 11 is 1.84. The highest BCUT2D eigenvalue weighted by molar-refractivity contribution is 7.25. The minimum atomic E-state index is 0.619. The molecule has 0 unspecified atom stereocenters. The van der Waals surface area contributed by atoms with E-state index in [1.54, 1.807) is 0 Å². The fourth-order valence-electron chi connectivity index (χ4n) is 21.1. The van der Waals surface area contributed by atoms with Crippen LogP contribution in [0.4, 0.5) is 51.2 Å². The van der Waals surface area contributed by atoms with Gasteiger partial charge in [-0.2, -0.15) is 0 Å². The predicted molar refractivity (Wildman–Crippen MR) is 609 cm³/mol. The molecule has 686 valence electrons. The van der Waals surface area contributed by atoms with Crippen LogP contribution >= 0.6 is 11.3 Å². The van der Waals surface area contributed by atoms with Gasteiger partial charge < -0.3 is 32.4 Å². The highest BCUT2D eigenvalue weighted by Crippen LogP contribution is 2.52. The standard InChI is InChI=1S/C45H28N2O2.C45H28N2OS.C45H30N2O/c1-3-12-29(13-4-1)34-16-7-9-18-38(34)47(39-19-11-21-41-43(39)35-17-8-10-20-40(35)48-41)33-26-24-30-22-23-31-25-27-37-44(42(31)36(30)28-33)49-45(46-37)32-14-5-2-6-15-32;1-3-11-29(12-4-1)35-15-7-9-17-40(35)47(34-24-26-42-38(28-34)36-16-8-10-18-41(36)49-42)33-23-21-30-19-20-31-22-25-39-44(43(31)37(30)27-33)48-45(46-39)32-13-5-2-6-14-32;1-4-10-31(11-5-1)33-18-23-38(24-19-33)47(39-25-20-34(21-26-39)32-12-6-2-7-13-32)40-27-28-41-37(30-40)17-16-35-22-29-42-44(43(35)41)48-45(46-42)36-14-8-3-9-15-36/h2*1-28H;1-30H. The number of thiophene rings is 1. The Morgan fingerprint density at radius 3 is 0.993 bits per heavy atom. The number of furan rings is 1. The molecule has 0 amide bonds. The summed E-state index contributed by atoms with van der Waals surface area (Å²) in [7, 11) is 0. The van der Waals surface area contributed by atoms with Crippen molar-refractivity contribution in [3.05, 3.63) is 522 Å². The van der Waals surface area contributed by atoms with Gasteiger partial charge in [-0.25, -0.2) is 15.0 Å². The molecule has 10 nitrogen and oxygen atoms in total. The molecule has 0 aliphatic carbocycles. The molecule has 146 heavy (non-hydrogen) atoms. The summed E-state index contributed by atoms with van der Waals surface area (Å²) in [6, 6.07) is 184. The van der Waals surface area contributed by atoms with Crippen molar-refractivity contribution in [2.75, 3.05) is 14.7 Å². The average molecular weight is 1890 g/mol. The van der Waals surface area contributed by atoms with Gasteiger partial charge in [0.25, 0.3) is 0 Å². The van der Waals surface area contributed by atoms with Crippen molar-refractivity contribution in [3.8, 4) is 78.9 Å². The van der Waals surface area contributed by atoms with Crippen LogP contribution in [0, 0.1) is 0 Å². The second kappa shape index (κ2) is 36.7. The fourth-order valence-corrected chi connectivity index (χ4v) is 22.2. The molecular formula is C135H86N6O4S. The summed E-state index contributed by atoms with van der Waals surface area (Å²) in [5.41, 5.74) is 28.7. The van der Waals surface area contributed by atoms with Crippen LogP contribution in [0.15, 0.2) is 539 Å². The van der Waals surface area contributed by atoms with E-state index in [9.17, 15) is 0 Å². The third kappa shape index (κ3) is 15.7. The van der Waals surface area contributed by atoms with Gasteiger partial charge in [0.1, 0.15) is 27.7 Å². The van der Waals surface area contributed by atoms with Gasteiger partial charge in [0.05, 0.1) is 22.4 Å². The van der Waals surface area contributed by atoms with E-state index in [4.69, 9.17) is 32.6 Å². The number of benzene rings is 24. The Morgan fingerprint density at radius 2 is 0.500 bits per heavy atom. The summed E-state index contributed by atoms with van der Waals surface area (Å²) in [5, 5.41) is 18.0. The maximum absolute atomic E-state index is 6.58. The summed E-state index contributed by atoms with van der Waals surface area (Å²) in [4.78, 5) is 21.8. The molecule has 0 N–H and O–H groups in total. The zero-order chi connectivity index (χ0) is 96.5. The molecule has 29 rings (SSSR count). The summed E-state index contributed by atoms with van der Waals surface area (Å²) in [6.07, 6.45) is 0. The second-order valence-corrected chi connectivity index (χ2v) is 37.8. The first-order chi connectivity index (χ1) is 72.4. The number of fused-ring (bicyclic) bond motifs is 21. The molecule has 5 aromatic heterocycles. The van der Waals surface area contributed by atoms with Crippen LogP contribution in [-0.2, 0) is 0 Å². The SMILES string of the molecule is c1ccc(-c2ccc(N(c3ccc(-c4ccccc4)cc3)c3ccc4c(ccc5ccc6nc(-c7ccccc7)oc6c54)c3)cc2)cc1.c1ccc(-c2nc3ccc4ccc5ccc(N(c6ccc7sc8ccccc8c7c6)c6ccccc6-c6ccccc6)cc5c4c3o2)cc1.c1ccc(-c2nc3ccc4ccc5ccc(N(c6ccccc6-c6ccccc6)c6cccc7oc8ccccc8c67)cc5c4c3o2)cc1. The van der Waals surface area contributed by atoms with Crippen LogP contribution in [0.2, 0.25) is 0 Å². The maximum Gasteiger partial charge on any atom is 0.227 e. The molecule has 0 fully saturated rings. The van der Waals surface area contributed by atoms with E-state index in [0.717, 1.165) is 199 Å². The third-order valence-electron chi connectivity index (χ3n) is 28.0. The van der Waals surface area contributed by atoms with Gasteiger partial charge in [-0.3, -0.25) is 0 Å². The summed E-state index contributed by atoms with van der Waals surface area (Å²) in [5.74, 6) is 1.88. The lowest BCUT2D eigenvalue weighted by atomic mass is 9.98. The van der Waals surface area contributed by atoms with Crippen LogP contribution in [0.25, 0.3) is 219 Å². The van der Waals surface area contributed by atoms with Gasteiger partial charge in [-0.05, 0) is 252 Å². The van der Waals surface area contributed by atoms with Gasteiger partial charge in [0.2, 0.25) is 17.7 Å². The highest BCUT2D eigenvalue weighted by Gasteiger charge is 2.28.